The van der Waals surface area contributed by atoms with Crippen LogP contribution in [0.15, 0.2) is 23.2 Å². The number of ether oxygens (including phenoxy) is 2. The van der Waals surface area contributed by atoms with Gasteiger partial charge in [0.25, 0.3) is 0 Å². The molecule has 0 spiro atoms. The van der Waals surface area contributed by atoms with Crippen LogP contribution in [-0.2, 0) is 9.47 Å². The first-order valence-corrected chi connectivity index (χ1v) is 12.2. The van der Waals surface area contributed by atoms with Crippen molar-refractivity contribution in [1.29, 1.82) is 0 Å². The molecule has 7 nitrogen and oxygen atoms in total. The van der Waals surface area contributed by atoms with Gasteiger partial charge in [0.1, 0.15) is 0 Å². The van der Waals surface area contributed by atoms with Crippen LogP contribution < -0.4 is 16.0 Å². The van der Waals surface area contributed by atoms with E-state index in [4.69, 9.17) is 9.47 Å². The molecular weight excluding hydrogens is 390 g/mol. The van der Waals surface area contributed by atoms with Crippen LogP contribution in [-0.4, -0.2) is 73.9 Å². The van der Waals surface area contributed by atoms with E-state index in [1.807, 2.05) is 0 Å². The lowest BCUT2D eigenvalue weighted by atomic mass is 9.87. The number of nitrogens with zero attached hydrogens (tertiary/aromatic N) is 2. The van der Waals surface area contributed by atoms with Crippen molar-refractivity contribution in [3.05, 3.63) is 23.2 Å². The Morgan fingerprint density at radius 1 is 1.26 bits per heavy atom. The van der Waals surface area contributed by atoms with Gasteiger partial charge in [0, 0.05) is 56.1 Å². The van der Waals surface area contributed by atoms with Gasteiger partial charge in [-0.25, -0.2) is 0 Å². The van der Waals surface area contributed by atoms with Crippen LogP contribution in [0.4, 0.5) is 0 Å². The third kappa shape index (κ3) is 5.95. The van der Waals surface area contributed by atoms with E-state index in [0.717, 1.165) is 58.4 Å². The van der Waals surface area contributed by atoms with Crippen molar-refractivity contribution < 1.29 is 9.47 Å². The Morgan fingerprint density at radius 3 is 2.87 bits per heavy atom. The summed E-state index contributed by atoms with van der Waals surface area (Å²) in [5.41, 5.74) is 4.13. The first-order valence-electron chi connectivity index (χ1n) is 12.2. The molecule has 176 valence electrons. The smallest absolute Gasteiger partial charge is 0.0998 e. The summed E-state index contributed by atoms with van der Waals surface area (Å²) >= 11 is 0. The lowest BCUT2D eigenvalue weighted by molar-refractivity contribution is -0.0667. The fraction of sp³-hybridized carbons (Fsp3) is 0.833. The number of hydrogen-bond acceptors (Lipinski definition) is 7. The molecule has 0 bridgehead atoms. The summed E-state index contributed by atoms with van der Waals surface area (Å²) in [7, 11) is 2.17. The van der Waals surface area contributed by atoms with Crippen molar-refractivity contribution in [2.24, 2.45) is 5.92 Å². The molecule has 1 saturated heterocycles. The molecule has 3 aliphatic heterocycles. The van der Waals surface area contributed by atoms with E-state index in [9.17, 15) is 0 Å². The summed E-state index contributed by atoms with van der Waals surface area (Å²) < 4.78 is 12.5. The molecule has 3 heterocycles. The van der Waals surface area contributed by atoms with E-state index in [1.54, 1.807) is 0 Å². The van der Waals surface area contributed by atoms with E-state index in [0.29, 0.717) is 31.0 Å². The average molecular weight is 434 g/mol. The van der Waals surface area contributed by atoms with Crippen molar-refractivity contribution in [3.8, 4) is 0 Å². The molecule has 4 aliphatic rings. The van der Waals surface area contributed by atoms with Crippen LogP contribution >= 0.6 is 0 Å². The zero-order valence-corrected chi connectivity index (χ0v) is 20.2. The lowest BCUT2D eigenvalue weighted by Gasteiger charge is -2.35. The molecular formula is C24H43N5O2. The molecule has 0 amide bonds. The highest BCUT2D eigenvalue weighted by molar-refractivity contribution is 5.23. The summed E-state index contributed by atoms with van der Waals surface area (Å²) in [6.45, 7) is 13.3. The molecule has 7 heteroatoms. The molecule has 0 radical (unpaired) electrons. The van der Waals surface area contributed by atoms with Gasteiger partial charge in [0.15, 0.2) is 0 Å². The Kier molecular flexibility index (Phi) is 7.16. The monoisotopic (exact) mass is 433 g/mol. The summed E-state index contributed by atoms with van der Waals surface area (Å²) in [5.74, 6) is 0.553. The summed E-state index contributed by atoms with van der Waals surface area (Å²) in [5, 5.41) is 11.0. The highest BCUT2D eigenvalue weighted by Gasteiger charge is 2.32. The molecule has 1 unspecified atom stereocenters. The topological polar surface area (TPSA) is 61.0 Å². The predicted molar refractivity (Wildman–Crippen MR) is 124 cm³/mol. The van der Waals surface area contributed by atoms with Crippen molar-refractivity contribution >= 4 is 0 Å². The largest absolute Gasteiger partial charge is 0.373 e. The first kappa shape index (κ1) is 22.9. The van der Waals surface area contributed by atoms with Gasteiger partial charge in [-0.05, 0) is 46.5 Å². The highest BCUT2D eigenvalue weighted by Crippen LogP contribution is 2.31. The number of likely N-dealkylation sites (tertiary alicyclic amines) is 1. The quantitative estimate of drug-likeness (QED) is 0.570. The van der Waals surface area contributed by atoms with E-state index in [1.165, 1.54) is 17.1 Å². The van der Waals surface area contributed by atoms with Gasteiger partial charge >= 0.3 is 0 Å². The first-order chi connectivity index (χ1) is 14.8. The van der Waals surface area contributed by atoms with Crippen molar-refractivity contribution in [3.63, 3.8) is 0 Å². The number of rotatable bonds is 7. The minimum atomic E-state index is -0.0835. The van der Waals surface area contributed by atoms with E-state index in [2.05, 4.69) is 66.6 Å². The van der Waals surface area contributed by atoms with E-state index in [-0.39, 0.29) is 5.60 Å². The van der Waals surface area contributed by atoms with Gasteiger partial charge in [-0.15, -0.1) is 0 Å². The second kappa shape index (κ2) is 9.69. The standard InChI is InChI=1S/C24H43N5O2/c1-6-17-11-18(31-19-9-10-29(14-19)16-30-24(2,3)4)7-8-20(17)27-23-12-22-21(13-25-23)26-15-28(22)5/h8,17-19,23,25-27H,6-7,9-16H2,1-5H3/t17-,18-,19?,23+/m0/s1. The number of allylic oxidation sites excluding steroid dienone is 1. The zero-order valence-electron chi connectivity index (χ0n) is 20.2. The zero-order chi connectivity index (χ0) is 22.0. The molecule has 1 aliphatic carbocycles. The molecule has 1 fully saturated rings. The molecule has 0 saturated carbocycles. The van der Waals surface area contributed by atoms with Gasteiger partial charge in [-0.3, -0.25) is 10.2 Å². The van der Waals surface area contributed by atoms with E-state index < -0.39 is 0 Å². The minimum Gasteiger partial charge on any atom is -0.373 e. The minimum absolute atomic E-state index is 0.0835. The predicted octanol–water partition coefficient (Wildman–Crippen LogP) is 2.54. The molecule has 0 aromatic heterocycles. The van der Waals surface area contributed by atoms with Gasteiger partial charge in [-0.1, -0.05) is 13.0 Å². The maximum Gasteiger partial charge on any atom is 0.0998 e. The third-order valence-corrected chi connectivity index (χ3v) is 6.98. The molecule has 31 heavy (non-hydrogen) atoms. The highest BCUT2D eigenvalue weighted by atomic mass is 16.5. The fourth-order valence-electron chi connectivity index (χ4n) is 5.10. The van der Waals surface area contributed by atoms with Crippen molar-refractivity contribution in [2.75, 3.05) is 40.1 Å². The maximum absolute atomic E-state index is 6.55. The Balaban J connectivity index is 1.25. The summed E-state index contributed by atoms with van der Waals surface area (Å²) in [6, 6.07) is 0. The molecule has 0 aromatic carbocycles. The van der Waals surface area contributed by atoms with Crippen LogP contribution in [0.3, 0.4) is 0 Å². The van der Waals surface area contributed by atoms with Crippen molar-refractivity contribution in [1.82, 2.24) is 25.8 Å². The van der Waals surface area contributed by atoms with Crippen LogP contribution in [0, 0.1) is 5.92 Å². The normalized spacial score (nSPS) is 32.2. The van der Waals surface area contributed by atoms with Crippen LogP contribution in [0.2, 0.25) is 0 Å². The summed E-state index contributed by atoms with van der Waals surface area (Å²) in [4.78, 5) is 4.71. The molecule has 4 rings (SSSR count). The summed E-state index contributed by atoms with van der Waals surface area (Å²) in [6.07, 6.45) is 8.80. The van der Waals surface area contributed by atoms with Crippen LogP contribution in [0.5, 0.6) is 0 Å². The molecule has 4 atom stereocenters. The fourth-order valence-corrected chi connectivity index (χ4v) is 5.10. The maximum atomic E-state index is 6.55. The van der Waals surface area contributed by atoms with Crippen LogP contribution in [0.25, 0.3) is 0 Å². The molecule has 0 aromatic rings. The Hall–Kier alpha value is -1.28. The average Bonchev–Trinajstić information content (AvgIpc) is 3.33. The number of hydrogen-bond donors (Lipinski definition) is 3. The van der Waals surface area contributed by atoms with Crippen molar-refractivity contribution in [2.45, 2.75) is 83.8 Å². The second-order valence-electron chi connectivity index (χ2n) is 10.6. The van der Waals surface area contributed by atoms with Gasteiger partial charge in [0.2, 0.25) is 0 Å². The molecule has 3 N–H and O–H groups in total. The Bertz CT molecular complexity index is 686. The lowest BCUT2D eigenvalue weighted by Crippen LogP contribution is -2.48. The Morgan fingerprint density at radius 2 is 2.10 bits per heavy atom. The van der Waals surface area contributed by atoms with Gasteiger partial charge < -0.3 is 25.0 Å². The SMILES string of the molecule is CC[C@H]1C[C@@H](OC2CCN(COC(C)(C)C)C2)CC=C1N[C@@H]1CC2=C(CN1)NCN2C. The third-order valence-electron chi connectivity index (χ3n) is 6.98. The van der Waals surface area contributed by atoms with E-state index >= 15 is 0 Å². The van der Waals surface area contributed by atoms with Crippen LogP contribution in [0.1, 0.15) is 59.8 Å². The number of nitrogens with one attached hydrogen (secondary N) is 3. The van der Waals surface area contributed by atoms with Gasteiger partial charge in [-0.2, -0.15) is 0 Å². The Labute approximate surface area is 188 Å². The second-order valence-corrected chi connectivity index (χ2v) is 10.6. The van der Waals surface area contributed by atoms with Gasteiger partial charge in [0.05, 0.1) is 37.4 Å².